The molecular weight excluding hydrogens is 472 g/mol. The second-order valence-corrected chi connectivity index (χ2v) is 12.0. The number of nitrogens with one attached hydrogen (secondary N) is 3. The minimum atomic E-state index is 0.0171. The van der Waals surface area contributed by atoms with Gasteiger partial charge in [0.25, 0.3) is 5.56 Å². The standard InChI is InChI=1S/C31H44N6O/c1-21-15-22(2)35-31(38)28(21)19-33-18-25-16-24(17-30-29(25)20-34-37(30)27-5-3-4-6-27)23-9-13-36(14-10-23)26-7-11-32-12-8-26/h15-17,20,23,26-27,32-33H,3-14,18-19H2,1-2H3,(H,35,38). The van der Waals surface area contributed by atoms with Crippen LogP contribution in [0.25, 0.3) is 10.9 Å². The first-order valence-corrected chi connectivity index (χ1v) is 14.9. The lowest BCUT2D eigenvalue weighted by Crippen LogP contribution is -2.46. The van der Waals surface area contributed by atoms with E-state index in [1.165, 1.54) is 86.5 Å². The Kier molecular flexibility index (Phi) is 7.68. The maximum Gasteiger partial charge on any atom is 0.252 e. The molecule has 0 atom stereocenters. The Morgan fingerprint density at radius 1 is 0.947 bits per heavy atom. The molecule has 2 aromatic heterocycles. The zero-order chi connectivity index (χ0) is 26.1. The van der Waals surface area contributed by atoms with Gasteiger partial charge in [-0.25, -0.2) is 0 Å². The minimum Gasteiger partial charge on any atom is -0.326 e. The average molecular weight is 517 g/mol. The zero-order valence-electron chi connectivity index (χ0n) is 23.2. The van der Waals surface area contributed by atoms with Gasteiger partial charge in [-0.3, -0.25) is 9.48 Å². The van der Waals surface area contributed by atoms with Gasteiger partial charge in [0.1, 0.15) is 0 Å². The molecule has 0 radical (unpaired) electrons. The molecule has 1 aliphatic carbocycles. The van der Waals surface area contributed by atoms with E-state index in [2.05, 4.69) is 49.6 Å². The van der Waals surface area contributed by atoms with E-state index in [4.69, 9.17) is 5.10 Å². The number of fused-ring (bicyclic) bond motifs is 1. The monoisotopic (exact) mass is 516 g/mol. The van der Waals surface area contributed by atoms with Crippen LogP contribution >= 0.6 is 0 Å². The van der Waals surface area contributed by atoms with Crippen LogP contribution in [0.4, 0.5) is 0 Å². The van der Waals surface area contributed by atoms with Gasteiger partial charge in [-0.1, -0.05) is 18.9 Å². The molecule has 3 aliphatic rings. The smallest absolute Gasteiger partial charge is 0.252 e. The number of rotatable bonds is 7. The average Bonchev–Trinajstić information content (AvgIpc) is 3.61. The third-order valence-corrected chi connectivity index (χ3v) is 9.43. The Hall–Kier alpha value is -2.48. The van der Waals surface area contributed by atoms with E-state index < -0.39 is 0 Å². The summed E-state index contributed by atoms with van der Waals surface area (Å²) >= 11 is 0. The lowest BCUT2D eigenvalue weighted by atomic mass is 9.86. The van der Waals surface area contributed by atoms with Crippen molar-refractivity contribution in [3.05, 3.63) is 62.7 Å². The van der Waals surface area contributed by atoms with Crippen molar-refractivity contribution in [1.29, 1.82) is 0 Å². The summed E-state index contributed by atoms with van der Waals surface area (Å²) in [6.07, 6.45) is 12.2. The third-order valence-electron chi connectivity index (χ3n) is 9.43. The number of aryl methyl sites for hydroxylation is 2. The van der Waals surface area contributed by atoms with E-state index in [1.807, 2.05) is 13.8 Å². The predicted molar refractivity (Wildman–Crippen MR) is 154 cm³/mol. The quantitative estimate of drug-likeness (QED) is 0.425. The number of hydrogen-bond acceptors (Lipinski definition) is 5. The van der Waals surface area contributed by atoms with Crippen LogP contribution < -0.4 is 16.2 Å². The number of piperidine rings is 2. The molecule has 3 N–H and O–H groups in total. The van der Waals surface area contributed by atoms with Gasteiger partial charge in [0.15, 0.2) is 0 Å². The second-order valence-electron chi connectivity index (χ2n) is 12.0. The van der Waals surface area contributed by atoms with Crippen molar-refractivity contribution in [2.75, 3.05) is 26.2 Å². The Morgan fingerprint density at radius 2 is 1.71 bits per heavy atom. The van der Waals surface area contributed by atoms with Crippen molar-refractivity contribution in [3.63, 3.8) is 0 Å². The van der Waals surface area contributed by atoms with Crippen molar-refractivity contribution in [1.82, 2.24) is 30.3 Å². The number of H-pyrrole nitrogens is 1. The molecule has 0 unspecified atom stereocenters. The number of aromatic nitrogens is 3. The largest absolute Gasteiger partial charge is 0.326 e. The lowest BCUT2D eigenvalue weighted by molar-refractivity contribution is 0.127. The molecule has 0 bridgehead atoms. The van der Waals surface area contributed by atoms with Crippen molar-refractivity contribution < 1.29 is 0 Å². The second kappa shape index (κ2) is 11.3. The van der Waals surface area contributed by atoms with Crippen molar-refractivity contribution in [2.24, 2.45) is 0 Å². The molecule has 2 aliphatic heterocycles. The Bertz CT molecular complexity index is 1310. The highest BCUT2D eigenvalue weighted by atomic mass is 16.1. The number of nitrogens with zero attached hydrogens (tertiary/aromatic N) is 3. The van der Waals surface area contributed by atoms with Crippen LogP contribution in [0.5, 0.6) is 0 Å². The molecule has 4 heterocycles. The van der Waals surface area contributed by atoms with Gasteiger partial charge in [0, 0.05) is 35.8 Å². The van der Waals surface area contributed by atoms with Gasteiger partial charge in [-0.15, -0.1) is 0 Å². The maximum absolute atomic E-state index is 12.6. The fourth-order valence-electron chi connectivity index (χ4n) is 7.26. The van der Waals surface area contributed by atoms with Crippen LogP contribution in [-0.4, -0.2) is 51.9 Å². The first-order chi connectivity index (χ1) is 18.6. The summed E-state index contributed by atoms with van der Waals surface area (Å²) in [5.74, 6) is 0.602. The van der Waals surface area contributed by atoms with Gasteiger partial charge < -0.3 is 20.5 Å². The van der Waals surface area contributed by atoms with E-state index in [0.717, 1.165) is 42.5 Å². The summed E-state index contributed by atoms with van der Waals surface area (Å²) in [7, 11) is 0. The molecule has 7 heteroatoms. The van der Waals surface area contributed by atoms with E-state index in [0.29, 0.717) is 18.5 Å². The van der Waals surface area contributed by atoms with Gasteiger partial charge in [-0.2, -0.15) is 5.10 Å². The van der Waals surface area contributed by atoms with Crippen LogP contribution in [-0.2, 0) is 13.1 Å². The van der Waals surface area contributed by atoms with E-state index in [9.17, 15) is 4.79 Å². The van der Waals surface area contributed by atoms with Crippen LogP contribution in [0.3, 0.4) is 0 Å². The molecule has 1 saturated carbocycles. The van der Waals surface area contributed by atoms with Crippen molar-refractivity contribution >= 4 is 10.9 Å². The first kappa shape index (κ1) is 25.8. The normalized spacial score (nSPS) is 20.6. The molecule has 1 aromatic carbocycles. The van der Waals surface area contributed by atoms with Crippen LogP contribution in [0, 0.1) is 13.8 Å². The summed E-state index contributed by atoms with van der Waals surface area (Å²) in [6, 6.07) is 8.24. The van der Waals surface area contributed by atoms with E-state index in [1.54, 1.807) is 0 Å². The van der Waals surface area contributed by atoms with Crippen molar-refractivity contribution in [3.8, 4) is 0 Å². The van der Waals surface area contributed by atoms with E-state index >= 15 is 0 Å². The summed E-state index contributed by atoms with van der Waals surface area (Å²) in [6.45, 7) is 10.0. The predicted octanol–water partition coefficient (Wildman–Crippen LogP) is 4.68. The first-order valence-electron chi connectivity index (χ1n) is 14.9. The third kappa shape index (κ3) is 5.33. The Balaban J connectivity index is 1.24. The number of pyridine rings is 1. The van der Waals surface area contributed by atoms with Gasteiger partial charge in [0.2, 0.25) is 0 Å². The highest BCUT2D eigenvalue weighted by Gasteiger charge is 2.28. The molecule has 2 saturated heterocycles. The topological polar surface area (TPSA) is 78.0 Å². The number of likely N-dealkylation sites (tertiary alicyclic amines) is 1. The summed E-state index contributed by atoms with van der Waals surface area (Å²) in [5, 5.41) is 13.3. The SMILES string of the molecule is Cc1cc(C)c(CNCc2cc(C3CCN(C4CCNCC4)CC3)cc3c2cnn3C2CCCC2)c(=O)[nH]1. The molecule has 0 amide bonds. The summed E-state index contributed by atoms with van der Waals surface area (Å²) < 4.78 is 2.33. The maximum atomic E-state index is 12.6. The molecule has 6 rings (SSSR count). The highest BCUT2D eigenvalue weighted by Crippen LogP contribution is 2.36. The zero-order valence-corrected chi connectivity index (χ0v) is 23.2. The lowest BCUT2D eigenvalue weighted by Gasteiger charge is -2.39. The van der Waals surface area contributed by atoms with Gasteiger partial charge >= 0.3 is 0 Å². The highest BCUT2D eigenvalue weighted by molar-refractivity contribution is 5.83. The molecule has 204 valence electrons. The molecule has 3 fully saturated rings. The van der Waals surface area contributed by atoms with E-state index in [-0.39, 0.29) is 5.56 Å². The molecule has 0 spiro atoms. The molecule has 3 aromatic rings. The van der Waals surface area contributed by atoms with Crippen LogP contribution in [0.2, 0.25) is 0 Å². The number of aromatic amines is 1. The molecular formula is C31H44N6O. The Labute approximate surface area is 226 Å². The van der Waals surface area contributed by atoms with Gasteiger partial charge in [-0.05, 0) is 113 Å². The fraction of sp³-hybridized carbons (Fsp3) is 0.613. The van der Waals surface area contributed by atoms with Gasteiger partial charge in [0.05, 0.1) is 17.8 Å². The van der Waals surface area contributed by atoms with Crippen LogP contribution in [0.15, 0.2) is 29.2 Å². The molecule has 7 nitrogen and oxygen atoms in total. The fourth-order valence-corrected chi connectivity index (χ4v) is 7.26. The molecule has 38 heavy (non-hydrogen) atoms. The minimum absolute atomic E-state index is 0.0171. The summed E-state index contributed by atoms with van der Waals surface area (Å²) in [5.41, 5.74) is 6.89. The Morgan fingerprint density at radius 3 is 2.45 bits per heavy atom. The van der Waals surface area contributed by atoms with Crippen LogP contribution in [0.1, 0.15) is 91.3 Å². The number of hydrogen-bond donors (Lipinski definition) is 3. The van der Waals surface area contributed by atoms with Crippen molar-refractivity contribution in [2.45, 2.75) is 96.3 Å². The summed E-state index contributed by atoms with van der Waals surface area (Å²) in [4.78, 5) is 18.3. The number of benzene rings is 1.